The fraction of sp³-hybridized carbons (Fsp3) is 0.958. The van der Waals surface area contributed by atoms with Crippen molar-refractivity contribution in [3.63, 3.8) is 0 Å². The Hall–Kier alpha value is -0.216. The quantitative estimate of drug-likeness (QED) is 0.299. The lowest BCUT2D eigenvalue weighted by molar-refractivity contribution is -0.140. The number of carbonyl (C=O) groups is 1. The molecule has 1 unspecified atom stereocenters. The van der Waals surface area contributed by atoms with Crippen LogP contribution in [0.2, 0.25) is 21.7 Å². The van der Waals surface area contributed by atoms with Crippen molar-refractivity contribution in [3.8, 4) is 0 Å². The summed E-state index contributed by atoms with van der Waals surface area (Å²) >= 11 is 0. The zero-order valence-corrected chi connectivity index (χ0v) is 24.1. The highest BCUT2D eigenvalue weighted by molar-refractivity contribution is 6.82. The van der Waals surface area contributed by atoms with Crippen LogP contribution in [0.15, 0.2) is 0 Å². The van der Waals surface area contributed by atoms with Gasteiger partial charge in [0.05, 0.1) is 5.92 Å². The first-order valence-corrected chi connectivity index (χ1v) is 16.4. The molecular formula is C24H50O5Si2. The molecule has 0 radical (unpaired) electrons. The second kappa shape index (κ2) is 11.8. The van der Waals surface area contributed by atoms with Gasteiger partial charge in [0.15, 0.2) is 0 Å². The van der Waals surface area contributed by atoms with E-state index in [4.69, 9.17) is 17.7 Å². The second-order valence-electron chi connectivity index (χ2n) is 11.1. The molecule has 0 aromatic rings. The molecule has 1 rings (SSSR count). The molecule has 5 nitrogen and oxygen atoms in total. The van der Waals surface area contributed by atoms with Gasteiger partial charge in [0.1, 0.15) is 0 Å². The van der Waals surface area contributed by atoms with Gasteiger partial charge in [-0.15, -0.1) is 0 Å². The van der Waals surface area contributed by atoms with E-state index in [1.54, 1.807) is 0 Å². The van der Waals surface area contributed by atoms with E-state index in [1.165, 1.54) is 32.1 Å². The zero-order valence-electron chi connectivity index (χ0n) is 22.1. The summed E-state index contributed by atoms with van der Waals surface area (Å²) in [5, 5.41) is -0.0895. The van der Waals surface area contributed by atoms with E-state index < -0.39 is 17.1 Å². The lowest BCUT2D eigenvalue weighted by atomic mass is 10.00. The Morgan fingerprint density at radius 3 is 1.61 bits per heavy atom. The van der Waals surface area contributed by atoms with Crippen LogP contribution in [-0.4, -0.2) is 42.9 Å². The van der Waals surface area contributed by atoms with Gasteiger partial charge < -0.3 is 17.7 Å². The highest BCUT2D eigenvalue weighted by Gasteiger charge is 2.62. The maximum absolute atomic E-state index is 13.7. The van der Waals surface area contributed by atoms with Crippen molar-refractivity contribution in [2.45, 2.75) is 123 Å². The predicted octanol–water partition coefficient (Wildman–Crippen LogP) is 7.09. The summed E-state index contributed by atoms with van der Waals surface area (Å²) in [6.07, 6.45) is 6.14. The Morgan fingerprint density at radius 2 is 1.26 bits per heavy atom. The number of rotatable bonds is 11. The summed E-state index contributed by atoms with van der Waals surface area (Å²) in [6, 6.07) is 0.463. The molecule has 0 bridgehead atoms. The van der Waals surface area contributed by atoms with Gasteiger partial charge in [-0.2, -0.15) is 0 Å². The van der Waals surface area contributed by atoms with E-state index in [2.05, 4.69) is 41.5 Å². The van der Waals surface area contributed by atoms with Crippen LogP contribution in [0, 0.1) is 5.92 Å². The normalized spacial score (nSPS) is 18.1. The SMILES string of the molecule is CCO[Si](CC(C)C(=O)O[Si](C1CCCCC1)(C(C)(C)C)C(C)(C)C)(OCC)OCC. The van der Waals surface area contributed by atoms with Gasteiger partial charge in [-0.1, -0.05) is 67.7 Å². The summed E-state index contributed by atoms with van der Waals surface area (Å²) in [4.78, 5) is 13.7. The third-order valence-electron chi connectivity index (χ3n) is 6.72. The average molecular weight is 475 g/mol. The van der Waals surface area contributed by atoms with E-state index >= 15 is 0 Å². The average Bonchev–Trinajstić information content (AvgIpc) is 2.65. The third kappa shape index (κ3) is 6.89. The van der Waals surface area contributed by atoms with Crippen molar-refractivity contribution in [1.82, 2.24) is 0 Å². The molecule has 31 heavy (non-hydrogen) atoms. The van der Waals surface area contributed by atoms with Crippen molar-refractivity contribution in [2.75, 3.05) is 19.8 Å². The molecule has 0 heterocycles. The first-order chi connectivity index (χ1) is 14.3. The number of carbonyl (C=O) groups excluding carboxylic acids is 1. The van der Waals surface area contributed by atoms with Gasteiger partial charge in [0, 0.05) is 25.9 Å². The Kier molecular flexibility index (Phi) is 10.9. The molecule has 1 saturated carbocycles. The van der Waals surface area contributed by atoms with Crippen LogP contribution in [0.5, 0.6) is 0 Å². The molecule has 184 valence electrons. The van der Waals surface area contributed by atoms with Gasteiger partial charge in [-0.05, 0) is 49.2 Å². The van der Waals surface area contributed by atoms with Gasteiger partial charge >= 0.3 is 8.80 Å². The van der Waals surface area contributed by atoms with Crippen LogP contribution in [-0.2, 0) is 22.5 Å². The van der Waals surface area contributed by atoms with Gasteiger partial charge in [0.25, 0.3) is 14.3 Å². The highest BCUT2D eigenvalue weighted by Crippen LogP contribution is 2.60. The van der Waals surface area contributed by atoms with Crippen LogP contribution in [0.3, 0.4) is 0 Å². The summed E-state index contributed by atoms with van der Waals surface area (Å²) in [7, 11) is -5.42. The summed E-state index contributed by atoms with van der Waals surface area (Å²) in [6.45, 7) is 23.1. The van der Waals surface area contributed by atoms with Crippen LogP contribution < -0.4 is 0 Å². The molecule has 0 spiro atoms. The molecule has 1 aliphatic carbocycles. The van der Waals surface area contributed by atoms with Gasteiger partial charge in [0.2, 0.25) is 0 Å². The Balaban J connectivity index is 3.25. The van der Waals surface area contributed by atoms with Crippen molar-refractivity contribution in [1.29, 1.82) is 0 Å². The van der Waals surface area contributed by atoms with Gasteiger partial charge in [-0.3, -0.25) is 4.79 Å². The Morgan fingerprint density at radius 1 is 0.839 bits per heavy atom. The van der Waals surface area contributed by atoms with E-state index in [0.717, 1.165) is 0 Å². The smallest absolute Gasteiger partial charge is 0.501 e. The number of hydrogen-bond acceptors (Lipinski definition) is 5. The van der Waals surface area contributed by atoms with Crippen LogP contribution in [0.25, 0.3) is 0 Å². The number of hydrogen-bond donors (Lipinski definition) is 0. The zero-order chi connectivity index (χ0) is 23.9. The fourth-order valence-electron chi connectivity index (χ4n) is 5.93. The fourth-order valence-corrected chi connectivity index (χ4v) is 16.0. The first-order valence-electron chi connectivity index (χ1n) is 12.4. The topological polar surface area (TPSA) is 54.0 Å². The molecule has 0 amide bonds. The molecule has 1 atom stereocenters. The Bertz CT molecular complexity index is 516. The highest BCUT2D eigenvalue weighted by atomic mass is 28.4. The van der Waals surface area contributed by atoms with Crippen LogP contribution in [0.1, 0.15) is 101 Å². The molecule has 0 N–H and O–H groups in total. The summed E-state index contributed by atoms with van der Waals surface area (Å²) < 4.78 is 24.8. The standard InChI is InChI=1S/C24H50O5Si2/c1-11-26-30(27-12-2,28-13-3)19-20(4)22(25)29-31(23(5,6)7,24(8,9)10)21-17-15-14-16-18-21/h20-21H,11-19H2,1-10H3. The minimum atomic E-state index is -2.91. The Labute approximate surface area is 194 Å². The van der Waals surface area contributed by atoms with Crippen molar-refractivity contribution >= 4 is 23.1 Å². The van der Waals surface area contributed by atoms with Crippen molar-refractivity contribution in [2.24, 2.45) is 5.92 Å². The molecule has 0 saturated heterocycles. The maximum atomic E-state index is 13.7. The van der Waals surface area contributed by atoms with Crippen molar-refractivity contribution in [3.05, 3.63) is 0 Å². The molecule has 0 aliphatic heterocycles. The molecule has 7 heteroatoms. The van der Waals surface area contributed by atoms with Crippen LogP contribution >= 0.6 is 0 Å². The third-order valence-corrected chi connectivity index (χ3v) is 16.7. The molecule has 1 fully saturated rings. The molecule has 1 aliphatic rings. The minimum Gasteiger partial charge on any atom is -0.517 e. The van der Waals surface area contributed by atoms with E-state index in [9.17, 15) is 4.79 Å². The van der Waals surface area contributed by atoms with E-state index in [-0.39, 0.29) is 22.0 Å². The summed E-state index contributed by atoms with van der Waals surface area (Å²) in [5.74, 6) is -0.422. The van der Waals surface area contributed by atoms with Crippen LogP contribution in [0.4, 0.5) is 0 Å². The minimum absolute atomic E-state index is 0.0447. The van der Waals surface area contributed by atoms with E-state index in [1.807, 2.05) is 27.7 Å². The molecular weight excluding hydrogens is 424 g/mol. The lowest BCUT2D eigenvalue weighted by Gasteiger charge is -2.55. The lowest BCUT2D eigenvalue weighted by Crippen LogP contribution is -2.60. The van der Waals surface area contributed by atoms with E-state index in [0.29, 0.717) is 31.4 Å². The largest absolute Gasteiger partial charge is 0.517 e. The second-order valence-corrected chi connectivity index (χ2v) is 19.2. The molecule has 0 aromatic carbocycles. The first kappa shape index (κ1) is 28.8. The predicted molar refractivity (Wildman–Crippen MR) is 133 cm³/mol. The monoisotopic (exact) mass is 474 g/mol. The summed E-state index contributed by atoms with van der Waals surface area (Å²) in [5.41, 5.74) is 0.505. The van der Waals surface area contributed by atoms with Crippen molar-refractivity contribution < 1.29 is 22.5 Å². The van der Waals surface area contributed by atoms with Gasteiger partial charge in [-0.25, -0.2) is 0 Å². The maximum Gasteiger partial charge on any atom is 0.501 e. The molecule has 0 aromatic heterocycles.